The molecule has 2 atom stereocenters. The molecule has 1 aromatic rings. The van der Waals surface area contributed by atoms with Crippen molar-refractivity contribution in [2.24, 2.45) is 0 Å². The van der Waals surface area contributed by atoms with Crippen LogP contribution in [0.25, 0.3) is 0 Å². The van der Waals surface area contributed by atoms with E-state index in [0.717, 1.165) is 37.5 Å². The summed E-state index contributed by atoms with van der Waals surface area (Å²) < 4.78 is 8.13. The van der Waals surface area contributed by atoms with Gasteiger partial charge < -0.3 is 19.9 Å². The summed E-state index contributed by atoms with van der Waals surface area (Å²) in [5, 5.41) is 14.4. The molecule has 0 saturated carbocycles. The van der Waals surface area contributed by atoms with Gasteiger partial charge in [0.25, 0.3) is 0 Å². The van der Waals surface area contributed by atoms with Crippen LogP contribution in [0.4, 0.5) is 4.79 Å². The van der Waals surface area contributed by atoms with Gasteiger partial charge in [0.15, 0.2) is 5.82 Å². The monoisotopic (exact) mass is 321 g/mol. The van der Waals surface area contributed by atoms with Crippen LogP contribution in [-0.4, -0.2) is 38.0 Å². The minimum atomic E-state index is -0.375. The molecular formula is C16H27N5O2. The van der Waals surface area contributed by atoms with Crippen LogP contribution in [0.3, 0.4) is 0 Å². The third-order valence-corrected chi connectivity index (χ3v) is 4.75. The van der Waals surface area contributed by atoms with Gasteiger partial charge in [-0.25, -0.2) is 4.79 Å². The lowest BCUT2D eigenvalue weighted by Gasteiger charge is -2.28. The van der Waals surface area contributed by atoms with Crippen LogP contribution < -0.4 is 10.6 Å². The number of aryl methyl sites for hydroxylation is 1. The molecule has 2 aliphatic heterocycles. The number of hydrogen-bond donors (Lipinski definition) is 2. The number of aromatic nitrogens is 3. The van der Waals surface area contributed by atoms with Crippen molar-refractivity contribution in [2.45, 2.75) is 83.7 Å². The summed E-state index contributed by atoms with van der Waals surface area (Å²) in [7, 11) is 0. The smallest absolute Gasteiger partial charge is 0.315 e. The maximum absolute atomic E-state index is 12.4. The number of carbonyl (C=O) groups is 1. The lowest BCUT2D eigenvalue weighted by Crippen LogP contribution is -2.50. The lowest BCUT2D eigenvalue weighted by molar-refractivity contribution is -0.0690. The zero-order valence-corrected chi connectivity index (χ0v) is 14.6. The maximum Gasteiger partial charge on any atom is 0.315 e. The van der Waals surface area contributed by atoms with Gasteiger partial charge in [-0.15, -0.1) is 10.2 Å². The summed E-state index contributed by atoms with van der Waals surface area (Å²) in [6.07, 6.45) is 2.86. The van der Waals surface area contributed by atoms with E-state index in [2.05, 4.69) is 39.2 Å². The predicted molar refractivity (Wildman–Crippen MR) is 86.1 cm³/mol. The molecule has 0 spiro atoms. The Morgan fingerprint density at radius 1 is 1.35 bits per heavy atom. The van der Waals surface area contributed by atoms with Gasteiger partial charge in [0.1, 0.15) is 5.82 Å². The maximum atomic E-state index is 12.4. The van der Waals surface area contributed by atoms with Crippen LogP contribution in [0.2, 0.25) is 0 Å². The van der Waals surface area contributed by atoms with E-state index < -0.39 is 0 Å². The number of nitrogens with zero attached hydrogens (tertiary/aromatic N) is 3. The minimum Gasteiger partial charge on any atom is -0.367 e. The molecule has 128 valence electrons. The predicted octanol–water partition coefficient (Wildman–Crippen LogP) is 1.93. The van der Waals surface area contributed by atoms with Crippen molar-refractivity contribution < 1.29 is 9.53 Å². The van der Waals surface area contributed by atoms with E-state index in [9.17, 15) is 4.79 Å². The van der Waals surface area contributed by atoms with E-state index in [1.165, 1.54) is 0 Å². The highest BCUT2D eigenvalue weighted by Gasteiger charge is 2.46. The van der Waals surface area contributed by atoms with Crippen LogP contribution in [0.15, 0.2) is 0 Å². The molecule has 3 rings (SSSR count). The summed E-state index contributed by atoms with van der Waals surface area (Å²) in [6, 6.07) is -0.381. The number of nitrogens with one attached hydrogen (secondary N) is 2. The normalized spacial score (nSPS) is 25.9. The highest BCUT2D eigenvalue weighted by Crippen LogP contribution is 2.37. The van der Waals surface area contributed by atoms with Crippen LogP contribution >= 0.6 is 0 Å². The van der Waals surface area contributed by atoms with E-state index in [0.29, 0.717) is 0 Å². The molecule has 7 heteroatoms. The fourth-order valence-electron chi connectivity index (χ4n) is 3.74. The number of carbonyl (C=O) groups excluding carboxylic acids is 1. The Balaban J connectivity index is 1.61. The van der Waals surface area contributed by atoms with E-state index >= 15 is 0 Å². The third kappa shape index (κ3) is 3.20. The van der Waals surface area contributed by atoms with E-state index in [4.69, 9.17) is 4.74 Å². The Labute approximate surface area is 137 Å². The van der Waals surface area contributed by atoms with Crippen molar-refractivity contribution in [2.75, 3.05) is 0 Å². The first-order chi connectivity index (χ1) is 10.7. The third-order valence-electron chi connectivity index (χ3n) is 4.75. The second-order valence-corrected chi connectivity index (χ2v) is 7.79. The van der Waals surface area contributed by atoms with Gasteiger partial charge in [-0.3, -0.25) is 0 Å². The Morgan fingerprint density at radius 3 is 2.74 bits per heavy atom. The van der Waals surface area contributed by atoms with Gasteiger partial charge in [0.2, 0.25) is 0 Å². The Hall–Kier alpha value is -1.63. The molecule has 1 aromatic heterocycles. The number of ether oxygens (including phenoxy) is 1. The summed E-state index contributed by atoms with van der Waals surface area (Å²) in [5.74, 6) is 1.84. The van der Waals surface area contributed by atoms with Gasteiger partial charge in [-0.1, -0.05) is 0 Å². The van der Waals surface area contributed by atoms with Gasteiger partial charge in [-0.2, -0.15) is 0 Å². The first-order valence-corrected chi connectivity index (χ1v) is 8.37. The van der Waals surface area contributed by atoms with Crippen LogP contribution in [0.1, 0.15) is 65.2 Å². The van der Waals surface area contributed by atoms with E-state index in [1.54, 1.807) is 0 Å². The molecule has 7 nitrogen and oxygen atoms in total. The molecule has 2 N–H and O–H groups in total. The first-order valence-electron chi connectivity index (χ1n) is 8.37. The topological polar surface area (TPSA) is 81.1 Å². The number of hydrogen-bond acceptors (Lipinski definition) is 4. The molecule has 0 radical (unpaired) electrons. The van der Waals surface area contributed by atoms with Crippen LogP contribution in [0.5, 0.6) is 0 Å². The lowest BCUT2D eigenvalue weighted by atomic mass is 9.95. The number of rotatable bonds is 3. The first kappa shape index (κ1) is 16.2. The van der Waals surface area contributed by atoms with Crippen molar-refractivity contribution in [1.29, 1.82) is 0 Å². The minimum absolute atomic E-state index is 0.0196. The zero-order chi connectivity index (χ0) is 16.8. The molecule has 2 aliphatic rings. The summed E-state index contributed by atoms with van der Waals surface area (Å²) in [5.41, 5.74) is -0.596. The van der Waals surface area contributed by atoms with Crippen molar-refractivity contribution in [1.82, 2.24) is 25.4 Å². The van der Waals surface area contributed by atoms with Gasteiger partial charge in [0, 0.05) is 13.0 Å². The second kappa shape index (κ2) is 5.47. The van der Waals surface area contributed by atoms with Crippen molar-refractivity contribution in [3.8, 4) is 0 Å². The molecular weight excluding hydrogens is 294 g/mol. The van der Waals surface area contributed by atoms with E-state index in [1.807, 2.05) is 20.8 Å². The van der Waals surface area contributed by atoms with Gasteiger partial charge in [-0.05, 0) is 47.5 Å². The summed E-state index contributed by atoms with van der Waals surface area (Å²) in [4.78, 5) is 12.4. The van der Waals surface area contributed by atoms with Gasteiger partial charge in [0.05, 0.1) is 23.3 Å². The molecule has 0 aromatic carbocycles. The quantitative estimate of drug-likeness (QED) is 0.891. The number of urea groups is 1. The van der Waals surface area contributed by atoms with Crippen molar-refractivity contribution >= 4 is 6.03 Å². The van der Waals surface area contributed by atoms with Crippen LogP contribution in [-0.2, 0) is 17.7 Å². The standard InChI is InChI=1S/C16H27N5O2/c1-10(13-20-19-12-7-6-8-21(12)13)17-14(22)18-11-9-15(2,3)23-16(11,4)5/h10-11H,6-9H2,1-5H3,(H2,17,18,22)/t10-,11-/m1/s1. The summed E-state index contributed by atoms with van der Waals surface area (Å²) in [6.45, 7) is 11.0. The number of amides is 2. The summed E-state index contributed by atoms with van der Waals surface area (Å²) >= 11 is 0. The molecule has 0 aliphatic carbocycles. The molecule has 1 saturated heterocycles. The Bertz CT molecular complexity index is 608. The molecule has 0 unspecified atom stereocenters. The average Bonchev–Trinajstić information content (AvgIpc) is 3.01. The fourth-order valence-corrected chi connectivity index (χ4v) is 3.74. The van der Waals surface area contributed by atoms with Crippen molar-refractivity contribution in [3.05, 3.63) is 11.6 Å². The van der Waals surface area contributed by atoms with Crippen molar-refractivity contribution in [3.63, 3.8) is 0 Å². The van der Waals surface area contributed by atoms with Gasteiger partial charge >= 0.3 is 6.03 Å². The largest absolute Gasteiger partial charge is 0.367 e. The fraction of sp³-hybridized carbons (Fsp3) is 0.812. The second-order valence-electron chi connectivity index (χ2n) is 7.79. The highest BCUT2D eigenvalue weighted by molar-refractivity contribution is 5.74. The SMILES string of the molecule is C[C@@H](NC(=O)N[C@@H]1CC(C)(C)OC1(C)C)c1nnc2n1CCC2. The van der Waals surface area contributed by atoms with Crippen LogP contribution in [0, 0.1) is 0 Å². The molecule has 3 heterocycles. The number of fused-ring (bicyclic) bond motifs is 1. The average molecular weight is 321 g/mol. The van der Waals surface area contributed by atoms with E-state index in [-0.39, 0.29) is 29.3 Å². The molecule has 2 amide bonds. The Morgan fingerprint density at radius 2 is 2.09 bits per heavy atom. The zero-order valence-electron chi connectivity index (χ0n) is 14.6. The Kier molecular flexibility index (Phi) is 3.86. The molecule has 1 fully saturated rings. The highest BCUT2D eigenvalue weighted by atomic mass is 16.5. The molecule has 23 heavy (non-hydrogen) atoms. The molecule has 0 bridgehead atoms.